The molecular weight excluding hydrogens is 314 g/mol. The molecule has 0 bridgehead atoms. The molecule has 1 saturated heterocycles. The zero-order valence-electron chi connectivity index (χ0n) is 12.1. The maximum Gasteiger partial charge on any atom is 0.254 e. The van der Waals surface area contributed by atoms with E-state index < -0.39 is 17.5 Å². The molecule has 1 amide bonds. The summed E-state index contributed by atoms with van der Waals surface area (Å²) in [6.45, 7) is 1.81. The number of nitrogens with one attached hydrogen (secondary N) is 1. The van der Waals surface area contributed by atoms with E-state index in [1.807, 2.05) is 0 Å². The maximum absolute atomic E-state index is 13.7. The summed E-state index contributed by atoms with van der Waals surface area (Å²) in [6, 6.07) is 1.70. The molecule has 0 spiro atoms. The van der Waals surface area contributed by atoms with E-state index in [1.54, 1.807) is 0 Å². The first-order chi connectivity index (χ1) is 10.5. The van der Waals surface area contributed by atoms with Gasteiger partial charge in [-0.25, -0.2) is 8.78 Å². The number of aliphatic hydroxyl groups is 1. The molecule has 1 heterocycles. The number of hydrogen-bond acceptors (Lipinski definition) is 3. The lowest BCUT2D eigenvalue weighted by molar-refractivity contribution is 0.0885. The lowest BCUT2D eigenvalue weighted by Crippen LogP contribution is -2.47. The van der Waals surface area contributed by atoms with E-state index in [0.29, 0.717) is 13.1 Å². The van der Waals surface area contributed by atoms with Crippen LogP contribution in [-0.4, -0.2) is 48.2 Å². The zero-order chi connectivity index (χ0) is 16.1. The van der Waals surface area contributed by atoms with Crippen molar-refractivity contribution in [3.8, 4) is 0 Å². The van der Waals surface area contributed by atoms with Crippen LogP contribution in [0.15, 0.2) is 12.1 Å². The van der Waals surface area contributed by atoms with Gasteiger partial charge in [-0.2, -0.15) is 0 Å². The molecule has 1 aromatic rings. The van der Waals surface area contributed by atoms with Crippen LogP contribution in [0, 0.1) is 11.6 Å². The van der Waals surface area contributed by atoms with Gasteiger partial charge in [0.2, 0.25) is 0 Å². The lowest BCUT2D eigenvalue weighted by Gasteiger charge is -2.35. The average Bonchev–Trinajstić information content (AvgIpc) is 2.50. The predicted molar refractivity (Wildman–Crippen MR) is 80.0 cm³/mol. The predicted octanol–water partition coefficient (Wildman–Crippen LogP) is 2.19. The molecule has 122 valence electrons. The number of benzene rings is 1. The van der Waals surface area contributed by atoms with Crippen molar-refractivity contribution in [2.75, 3.05) is 26.2 Å². The van der Waals surface area contributed by atoms with Gasteiger partial charge in [0, 0.05) is 19.1 Å². The van der Waals surface area contributed by atoms with Gasteiger partial charge in [-0.3, -0.25) is 9.69 Å². The molecule has 22 heavy (non-hydrogen) atoms. The van der Waals surface area contributed by atoms with Gasteiger partial charge in [0.15, 0.2) is 0 Å². The summed E-state index contributed by atoms with van der Waals surface area (Å²) in [5.74, 6) is -2.34. The SMILES string of the molecule is O=C(NCC1CCCCN1CCO)c1cc(F)c(Cl)cc1F. The minimum Gasteiger partial charge on any atom is -0.395 e. The molecule has 4 nitrogen and oxygen atoms in total. The second-order valence-electron chi connectivity index (χ2n) is 5.37. The normalized spacial score (nSPS) is 19.2. The Morgan fingerprint density at radius 2 is 2.14 bits per heavy atom. The Balaban J connectivity index is 1.98. The van der Waals surface area contributed by atoms with E-state index in [0.717, 1.165) is 37.9 Å². The van der Waals surface area contributed by atoms with Crippen LogP contribution in [0.4, 0.5) is 8.78 Å². The van der Waals surface area contributed by atoms with Gasteiger partial charge < -0.3 is 10.4 Å². The number of β-amino-alcohol motifs (C(OH)–C–C–N with tert-alkyl or cyclic N) is 1. The molecular formula is C15H19ClF2N2O2. The number of hydrogen-bond donors (Lipinski definition) is 2. The minimum atomic E-state index is -0.847. The molecule has 1 aliphatic rings. The van der Waals surface area contributed by atoms with Crippen LogP contribution >= 0.6 is 11.6 Å². The first-order valence-corrected chi connectivity index (χ1v) is 7.68. The summed E-state index contributed by atoms with van der Waals surface area (Å²) in [4.78, 5) is 14.1. The third-order valence-electron chi connectivity index (χ3n) is 3.89. The highest BCUT2D eigenvalue weighted by Crippen LogP contribution is 2.20. The molecule has 1 unspecified atom stereocenters. The van der Waals surface area contributed by atoms with Crippen LogP contribution in [-0.2, 0) is 0 Å². The third-order valence-corrected chi connectivity index (χ3v) is 4.18. The lowest BCUT2D eigenvalue weighted by atomic mass is 10.0. The van der Waals surface area contributed by atoms with Crippen molar-refractivity contribution in [1.29, 1.82) is 0 Å². The average molecular weight is 333 g/mol. The standard InChI is InChI=1S/C15H19ClF2N2O2/c16-12-8-13(17)11(7-14(12)18)15(22)19-9-10-3-1-2-4-20(10)5-6-21/h7-8,10,21H,1-6,9H2,(H,19,22). The highest BCUT2D eigenvalue weighted by Gasteiger charge is 2.23. The molecule has 7 heteroatoms. The van der Waals surface area contributed by atoms with Gasteiger partial charge in [0.25, 0.3) is 5.91 Å². The van der Waals surface area contributed by atoms with Gasteiger partial charge in [0.05, 0.1) is 17.2 Å². The Morgan fingerprint density at radius 1 is 1.36 bits per heavy atom. The fourth-order valence-corrected chi connectivity index (χ4v) is 2.87. The molecule has 0 saturated carbocycles. The van der Waals surface area contributed by atoms with Gasteiger partial charge in [-0.15, -0.1) is 0 Å². The Morgan fingerprint density at radius 3 is 2.86 bits per heavy atom. The second-order valence-corrected chi connectivity index (χ2v) is 5.77. The summed E-state index contributed by atoms with van der Waals surface area (Å²) in [7, 11) is 0. The van der Waals surface area contributed by atoms with Crippen molar-refractivity contribution in [3.05, 3.63) is 34.4 Å². The number of piperidine rings is 1. The van der Waals surface area contributed by atoms with E-state index in [9.17, 15) is 13.6 Å². The number of likely N-dealkylation sites (tertiary alicyclic amines) is 1. The van der Waals surface area contributed by atoms with Crippen LogP contribution in [0.5, 0.6) is 0 Å². The molecule has 1 fully saturated rings. The van der Waals surface area contributed by atoms with Gasteiger partial charge in [-0.05, 0) is 31.5 Å². The Kier molecular flexibility index (Phi) is 6.11. The third kappa shape index (κ3) is 4.15. The number of amides is 1. The number of nitrogens with zero attached hydrogens (tertiary/aromatic N) is 1. The van der Waals surface area contributed by atoms with Crippen LogP contribution in [0.2, 0.25) is 5.02 Å². The van der Waals surface area contributed by atoms with Crippen molar-refractivity contribution in [1.82, 2.24) is 10.2 Å². The van der Waals surface area contributed by atoms with E-state index in [-0.39, 0.29) is 23.2 Å². The number of halogens is 3. The highest BCUT2D eigenvalue weighted by atomic mass is 35.5. The zero-order valence-corrected chi connectivity index (χ0v) is 12.9. The Labute approximate surface area is 133 Å². The molecule has 2 rings (SSSR count). The smallest absolute Gasteiger partial charge is 0.254 e. The van der Waals surface area contributed by atoms with Crippen LogP contribution < -0.4 is 5.32 Å². The van der Waals surface area contributed by atoms with Crippen molar-refractivity contribution < 1.29 is 18.7 Å². The van der Waals surface area contributed by atoms with Crippen molar-refractivity contribution in [2.45, 2.75) is 25.3 Å². The van der Waals surface area contributed by atoms with E-state index in [2.05, 4.69) is 10.2 Å². The van der Waals surface area contributed by atoms with Gasteiger partial charge in [-0.1, -0.05) is 18.0 Å². The van der Waals surface area contributed by atoms with Crippen LogP contribution in [0.25, 0.3) is 0 Å². The quantitative estimate of drug-likeness (QED) is 0.813. The number of carbonyl (C=O) groups is 1. The fourth-order valence-electron chi connectivity index (χ4n) is 2.72. The molecule has 1 atom stereocenters. The summed E-state index contributed by atoms with van der Waals surface area (Å²) >= 11 is 5.47. The molecule has 0 aliphatic carbocycles. The summed E-state index contributed by atoms with van der Waals surface area (Å²) < 4.78 is 27.1. The molecule has 2 N–H and O–H groups in total. The highest BCUT2D eigenvalue weighted by molar-refractivity contribution is 6.30. The topological polar surface area (TPSA) is 52.6 Å². The Hall–Kier alpha value is -1.24. The number of carbonyl (C=O) groups excluding carboxylic acids is 1. The van der Waals surface area contributed by atoms with Gasteiger partial charge in [0.1, 0.15) is 11.6 Å². The molecule has 1 aromatic carbocycles. The first-order valence-electron chi connectivity index (χ1n) is 7.30. The van der Waals surface area contributed by atoms with Crippen LogP contribution in [0.3, 0.4) is 0 Å². The summed E-state index contributed by atoms with van der Waals surface area (Å²) in [5, 5.41) is 11.3. The second kappa shape index (κ2) is 7.85. The van der Waals surface area contributed by atoms with E-state index in [4.69, 9.17) is 16.7 Å². The number of aliphatic hydroxyl groups excluding tert-OH is 1. The fraction of sp³-hybridized carbons (Fsp3) is 0.533. The molecule has 0 aromatic heterocycles. The van der Waals surface area contributed by atoms with Crippen molar-refractivity contribution in [3.63, 3.8) is 0 Å². The van der Waals surface area contributed by atoms with E-state index >= 15 is 0 Å². The van der Waals surface area contributed by atoms with E-state index in [1.165, 1.54) is 0 Å². The van der Waals surface area contributed by atoms with Gasteiger partial charge >= 0.3 is 0 Å². The summed E-state index contributed by atoms with van der Waals surface area (Å²) in [5.41, 5.74) is -0.355. The Bertz CT molecular complexity index is 541. The maximum atomic E-state index is 13.7. The number of rotatable bonds is 5. The largest absolute Gasteiger partial charge is 0.395 e. The van der Waals surface area contributed by atoms with Crippen molar-refractivity contribution in [2.24, 2.45) is 0 Å². The van der Waals surface area contributed by atoms with Crippen molar-refractivity contribution >= 4 is 17.5 Å². The first kappa shape index (κ1) is 17.1. The molecule has 1 aliphatic heterocycles. The monoisotopic (exact) mass is 332 g/mol. The molecule has 0 radical (unpaired) electrons. The van der Waals surface area contributed by atoms with Crippen LogP contribution in [0.1, 0.15) is 29.6 Å². The summed E-state index contributed by atoms with van der Waals surface area (Å²) in [6.07, 6.45) is 3.01. The minimum absolute atomic E-state index is 0.0570.